The maximum absolute atomic E-state index is 12.3. The lowest BCUT2D eigenvalue weighted by Crippen LogP contribution is -2.30. The van der Waals surface area contributed by atoms with Gasteiger partial charge >= 0.3 is 6.03 Å². The van der Waals surface area contributed by atoms with Crippen LogP contribution in [-0.4, -0.2) is 39.8 Å². The molecule has 2 aromatic rings. The number of benzene rings is 2. The molecule has 0 bridgehead atoms. The van der Waals surface area contributed by atoms with Gasteiger partial charge in [0.15, 0.2) is 11.5 Å². The first kappa shape index (κ1) is 21.3. The normalized spacial score (nSPS) is 10.5. The van der Waals surface area contributed by atoms with E-state index >= 15 is 0 Å². The fourth-order valence-corrected chi connectivity index (χ4v) is 2.52. The van der Waals surface area contributed by atoms with Crippen molar-refractivity contribution in [2.24, 2.45) is 0 Å². The minimum absolute atomic E-state index is 0.309. The van der Waals surface area contributed by atoms with Crippen LogP contribution in [0, 0.1) is 6.92 Å². The Kier molecular flexibility index (Phi) is 7.86. The van der Waals surface area contributed by atoms with Crippen LogP contribution in [0.1, 0.15) is 11.1 Å². The summed E-state index contributed by atoms with van der Waals surface area (Å²) in [5.41, 5.74) is 2.15. The van der Waals surface area contributed by atoms with Crippen molar-refractivity contribution in [3.05, 3.63) is 47.5 Å². The molecular weight excluding hydrogens is 370 g/mol. The second-order valence-electron chi connectivity index (χ2n) is 6.00. The van der Waals surface area contributed by atoms with Gasteiger partial charge in [0.2, 0.25) is 0 Å². The lowest BCUT2D eigenvalue weighted by atomic mass is 10.1. The van der Waals surface area contributed by atoms with Crippen LogP contribution in [0.5, 0.6) is 17.2 Å². The zero-order valence-corrected chi connectivity index (χ0v) is 16.1. The Bertz CT molecular complexity index is 800. The van der Waals surface area contributed by atoms with Gasteiger partial charge < -0.3 is 24.8 Å². The molecule has 0 atom stereocenters. The molecule has 2 aromatic carbocycles. The highest BCUT2D eigenvalue weighted by atomic mass is 19.3. The number of aryl methyl sites for hydroxylation is 1. The molecule has 0 heterocycles. The number of anilines is 1. The van der Waals surface area contributed by atoms with Crippen molar-refractivity contribution in [2.75, 3.05) is 32.7 Å². The van der Waals surface area contributed by atoms with Crippen molar-refractivity contribution >= 4 is 11.7 Å². The highest BCUT2D eigenvalue weighted by Crippen LogP contribution is 2.27. The van der Waals surface area contributed by atoms with Gasteiger partial charge in [-0.2, -0.15) is 0 Å². The van der Waals surface area contributed by atoms with E-state index in [2.05, 4.69) is 10.6 Å². The van der Waals surface area contributed by atoms with Crippen LogP contribution in [0.4, 0.5) is 19.3 Å². The fourth-order valence-electron chi connectivity index (χ4n) is 2.52. The molecule has 0 radical (unpaired) electrons. The summed E-state index contributed by atoms with van der Waals surface area (Å²) >= 11 is 0. The smallest absolute Gasteiger partial charge is 0.319 e. The Morgan fingerprint density at radius 3 is 2.46 bits per heavy atom. The topological polar surface area (TPSA) is 68.8 Å². The lowest BCUT2D eigenvalue weighted by Gasteiger charge is -2.12. The summed E-state index contributed by atoms with van der Waals surface area (Å²) < 4.78 is 40.1. The van der Waals surface area contributed by atoms with Gasteiger partial charge in [0.1, 0.15) is 12.4 Å². The maximum Gasteiger partial charge on any atom is 0.319 e. The van der Waals surface area contributed by atoms with E-state index in [1.54, 1.807) is 33.3 Å². The molecule has 6 nitrogen and oxygen atoms in total. The third kappa shape index (κ3) is 6.29. The van der Waals surface area contributed by atoms with Crippen LogP contribution in [0.2, 0.25) is 0 Å². The first-order chi connectivity index (χ1) is 13.4. The monoisotopic (exact) mass is 394 g/mol. The number of carbonyl (C=O) groups excluding carboxylic acids is 1. The number of hydrogen-bond donors (Lipinski definition) is 2. The number of urea groups is 1. The van der Waals surface area contributed by atoms with Crippen molar-refractivity contribution < 1.29 is 27.8 Å². The largest absolute Gasteiger partial charge is 0.493 e. The summed E-state index contributed by atoms with van der Waals surface area (Å²) in [6.07, 6.45) is -1.96. The summed E-state index contributed by atoms with van der Waals surface area (Å²) in [4.78, 5) is 12.1. The van der Waals surface area contributed by atoms with E-state index < -0.39 is 19.1 Å². The van der Waals surface area contributed by atoms with Gasteiger partial charge in [-0.25, -0.2) is 13.6 Å². The number of ether oxygens (including phenoxy) is 3. The van der Waals surface area contributed by atoms with Crippen LogP contribution >= 0.6 is 0 Å². The van der Waals surface area contributed by atoms with Gasteiger partial charge in [0, 0.05) is 18.3 Å². The Morgan fingerprint density at radius 1 is 1.04 bits per heavy atom. The minimum Gasteiger partial charge on any atom is -0.493 e. The molecule has 0 aromatic heterocycles. The molecule has 0 spiro atoms. The van der Waals surface area contributed by atoms with Gasteiger partial charge in [-0.15, -0.1) is 0 Å². The number of alkyl halides is 2. The Labute approximate surface area is 162 Å². The van der Waals surface area contributed by atoms with E-state index in [0.717, 1.165) is 5.56 Å². The molecule has 152 valence electrons. The number of amides is 2. The molecule has 28 heavy (non-hydrogen) atoms. The molecule has 0 aliphatic carbocycles. The molecular formula is C20H24F2N2O4. The number of rotatable bonds is 9. The molecule has 0 saturated carbocycles. The predicted octanol–water partition coefficient (Wildman–Crippen LogP) is 4.02. The number of hydrogen-bond acceptors (Lipinski definition) is 4. The fraction of sp³-hybridized carbons (Fsp3) is 0.350. The van der Waals surface area contributed by atoms with Crippen molar-refractivity contribution in [2.45, 2.75) is 19.8 Å². The highest BCUT2D eigenvalue weighted by molar-refractivity contribution is 5.89. The van der Waals surface area contributed by atoms with Crippen molar-refractivity contribution in [1.29, 1.82) is 0 Å². The van der Waals surface area contributed by atoms with E-state index in [9.17, 15) is 13.6 Å². The average Bonchev–Trinajstić information content (AvgIpc) is 2.68. The molecule has 0 aliphatic rings. The molecule has 0 fully saturated rings. The van der Waals surface area contributed by atoms with Crippen LogP contribution in [0.3, 0.4) is 0 Å². The van der Waals surface area contributed by atoms with Crippen molar-refractivity contribution in [3.8, 4) is 17.2 Å². The van der Waals surface area contributed by atoms with Gasteiger partial charge in [-0.05, 0) is 42.7 Å². The highest BCUT2D eigenvalue weighted by Gasteiger charge is 2.09. The van der Waals surface area contributed by atoms with E-state index in [-0.39, 0.29) is 0 Å². The van der Waals surface area contributed by atoms with Crippen LogP contribution in [0.25, 0.3) is 0 Å². The Balaban J connectivity index is 1.86. The van der Waals surface area contributed by atoms with Gasteiger partial charge in [0.05, 0.1) is 14.2 Å². The van der Waals surface area contributed by atoms with E-state index in [0.29, 0.717) is 41.5 Å². The number of methoxy groups -OCH3 is 2. The molecule has 2 rings (SSSR count). The molecule has 2 amide bonds. The summed E-state index contributed by atoms with van der Waals surface area (Å²) in [5, 5.41) is 5.41. The van der Waals surface area contributed by atoms with Gasteiger partial charge in [0.25, 0.3) is 6.43 Å². The molecule has 0 unspecified atom stereocenters. The number of carbonyl (C=O) groups is 1. The third-order valence-electron chi connectivity index (χ3n) is 3.96. The zero-order valence-electron chi connectivity index (χ0n) is 16.1. The second-order valence-corrected chi connectivity index (χ2v) is 6.00. The molecule has 2 N–H and O–H groups in total. The van der Waals surface area contributed by atoms with Crippen LogP contribution in [0.15, 0.2) is 36.4 Å². The standard InChI is InChI=1S/C20H24F2N2O4/c1-13-4-6-15(11-17(13)28-12-19(21)22)24-20(25)23-9-8-14-5-7-16(26-2)18(10-14)27-3/h4-7,10-11,19H,8-9,12H2,1-3H3,(H2,23,24,25). The third-order valence-corrected chi connectivity index (χ3v) is 3.96. The average molecular weight is 394 g/mol. The van der Waals surface area contributed by atoms with E-state index in [1.165, 1.54) is 6.07 Å². The lowest BCUT2D eigenvalue weighted by molar-refractivity contribution is 0.0816. The number of halogens is 2. The maximum atomic E-state index is 12.3. The van der Waals surface area contributed by atoms with Crippen molar-refractivity contribution in [1.82, 2.24) is 5.32 Å². The molecule has 8 heteroatoms. The Morgan fingerprint density at radius 2 is 1.79 bits per heavy atom. The SMILES string of the molecule is COc1ccc(CCNC(=O)Nc2ccc(C)c(OCC(F)F)c2)cc1OC. The molecule has 0 aliphatic heterocycles. The van der Waals surface area contributed by atoms with Gasteiger partial charge in [-0.1, -0.05) is 12.1 Å². The minimum atomic E-state index is -2.56. The van der Waals surface area contributed by atoms with Gasteiger partial charge in [-0.3, -0.25) is 0 Å². The number of nitrogens with one attached hydrogen (secondary N) is 2. The zero-order chi connectivity index (χ0) is 20.5. The predicted molar refractivity (Wildman–Crippen MR) is 103 cm³/mol. The van der Waals surface area contributed by atoms with E-state index in [4.69, 9.17) is 14.2 Å². The van der Waals surface area contributed by atoms with Crippen LogP contribution < -0.4 is 24.8 Å². The summed E-state index contributed by atoms with van der Waals surface area (Å²) in [5.74, 6) is 1.57. The van der Waals surface area contributed by atoms with Crippen LogP contribution in [-0.2, 0) is 6.42 Å². The van der Waals surface area contributed by atoms with E-state index in [1.807, 2.05) is 18.2 Å². The summed E-state index contributed by atoms with van der Waals surface area (Å²) in [6.45, 7) is 1.46. The quantitative estimate of drug-likeness (QED) is 0.674. The molecule has 0 saturated heterocycles. The van der Waals surface area contributed by atoms with Crippen molar-refractivity contribution in [3.63, 3.8) is 0 Å². The first-order valence-electron chi connectivity index (χ1n) is 8.70. The Hall–Kier alpha value is -3.03. The first-order valence-corrected chi connectivity index (χ1v) is 8.70. The summed E-state index contributed by atoms with van der Waals surface area (Å²) in [7, 11) is 3.13. The summed E-state index contributed by atoms with van der Waals surface area (Å²) in [6, 6.07) is 10.0. The second kappa shape index (κ2) is 10.3.